The van der Waals surface area contributed by atoms with Crippen molar-refractivity contribution in [2.45, 2.75) is 19.8 Å². The van der Waals surface area contributed by atoms with Crippen LogP contribution in [0.3, 0.4) is 0 Å². The molecule has 0 saturated carbocycles. The van der Waals surface area contributed by atoms with E-state index in [0.29, 0.717) is 6.54 Å². The molecule has 0 radical (unpaired) electrons. The average molecular weight is 263 g/mol. The summed E-state index contributed by atoms with van der Waals surface area (Å²) in [6.07, 6.45) is 1.85. The van der Waals surface area contributed by atoms with Gasteiger partial charge in [0.2, 0.25) is 0 Å². The van der Waals surface area contributed by atoms with Crippen molar-refractivity contribution in [2.24, 2.45) is 5.73 Å². The molecule has 0 amide bonds. The summed E-state index contributed by atoms with van der Waals surface area (Å²) in [7, 11) is 1.68. The Labute approximate surface area is 111 Å². The normalized spacial score (nSPS) is 10.6. The maximum absolute atomic E-state index is 5.49. The summed E-state index contributed by atoms with van der Waals surface area (Å²) in [6.45, 7) is 2.71. The highest BCUT2D eigenvalue weighted by molar-refractivity contribution is 7.14. The maximum Gasteiger partial charge on any atom is 0.147 e. The third kappa shape index (κ3) is 2.86. The Kier molecular flexibility index (Phi) is 4.28. The first-order valence-corrected chi connectivity index (χ1v) is 6.73. The number of hydrogen-bond donors (Lipinski definition) is 1. The van der Waals surface area contributed by atoms with Crippen molar-refractivity contribution in [1.82, 2.24) is 10.2 Å². The first-order valence-electron chi connectivity index (χ1n) is 5.92. The molecule has 1 aromatic heterocycles. The van der Waals surface area contributed by atoms with Gasteiger partial charge in [-0.25, -0.2) is 0 Å². The molecule has 96 valence electrons. The zero-order valence-corrected chi connectivity index (χ0v) is 11.5. The highest BCUT2D eigenvalue weighted by Crippen LogP contribution is 2.29. The van der Waals surface area contributed by atoms with E-state index < -0.39 is 0 Å². The van der Waals surface area contributed by atoms with Crippen molar-refractivity contribution in [2.75, 3.05) is 13.7 Å². The number of aryl methyl sites for hydroxylation is 2. The van der Waals surface area contributed by atoms with Crippen LogP contribution in [0.1, 0.15) is 17.0 Å². The van der Waals surface area contributed by atoms with E-state index in [1.807, 2.05) is 25.1 Å². The molecular weight excluding hydrogens is 246 g/mol. The molecule has 0 saturated heterocycles. The minimum absolute atomic E-state index is 0.688. The Balaban J connectivity index is 2.23. The van der Waals surface area contributed by atoms with E-state index in [1.54, 1.807) is 18.4 Å². The highest BCUT2D eigenvalue weighted by Gasteiger charge is 2.08. The van der Waals surface area contributed by atoms with E-state index in [2.05, 4.69) is 10.2 Å². The minimum Gasteiger partial charge on any atom is -0.496 e. The number of benzene rings is 1. The molecule has 0 bridgehead atoms. The van der Waals surface area contributed by atoms with E-state index in [-0.39, 0.29) is 0 Å². The molecule has 2 aromatic rings. The molecule has 0 atom stereocenters. The van der Waals surface area contributed by atoms with Gasteiger partial charge in [-0.05, 0) is 31.5 Å². The molecule has 2 N–H and O–H groups in total. The van der Waals surface area contributed by atoms with Crippen LogP contribution >= 0.6 is 11.3 Å². The van der Waals surface area contributed by atoms with E-state index >= 15 is 0 Å². The van der Waals surface area contributed by atoms with Crippen LogP contribution in [0, 0.1) is 6.92 Å². The van der Waals surface area contributed by atoms with Gasteiger partial charge in [-0.2, -0.15) is 0 Å². The van der Waals surface area contributed by atoms with Gasteiger partial charge in [-0.1, -0.05) is 23.5 Å². The largest absolute Gasteiger partial charge is 0.496 e. The summed E-state index contributed by atoms with van der Waals surface area (Å²) in [6, 6.07) is 6.09. The highest BCUT2D eigenvalue weighted by atomic mass is 32.1. The van der Waals surface area contributed by atoms with Crippen LogP contribution in [0.5, 0.6) is 5.75 Å². The Hall–Kier alpha value is -1.46. The molecular formula is C13H17N3OS. The molecule has 0 aliphatic rings. The van der Waals surface area contributed by atoms with Crippen LogP contribution in [0.4, 0.5) is 0 Å². The predicted molar refractivity (Wildman–Crippen MR) is 74.0 cm³/mol. The number of aromatic nitrogens is 2. The Morgan fingerprint density at radius 3 is 2.89 bits per heavy atom. The Morgan fingerprint density at radius 1 is 1.33 bits per heavy atom. The molecule has 5 heteroatoms. The van der Waals surface area contributed by atoms with Crippen LogP contribution < -0.4 is 10.5 Å². The van der Waals surface area contributed by atoms with Crippen molar-refractivity contribution >= 4 is 11.3 Å². The van der Waals surface area contributed by atoms with Gasteiger partial charge < -0.3 is 10.5 Å². The summed E-state index contributed by atoms with van der Waals surface area (Å²) in [5, 5.41) is 10.4. The quantitative estimate of drug-likeness (QED) is 0.900. The van der Waals surface area contributed by atoms with Gasteiger partial charge in [0.05, 0.1) is 7.11 Å². The molecule has 4 nitrogen and oxygen atoms in total. The van der Waals surface area contributed by atoms with Gasteiger partial charge in [0.15, 0.2) is 0 Å². The number of nitrogens with two attached hydrogens (primary N) is 1. The summed E-state index contributed by atoms with van der Waals surface area (Å²) < 4.78 is 5.32. The Bertz CT molecular complexity index is 525. The maximum atomic E-state index is 5.49. The van der Waals surface area contributed by atoms with Crippen molar-refractivity contribution in [1.29, 1.82) is 0 Å². The molecule has 18 heavy (non-hydrogen) atoms. The van der Waals surface area contributed by atoms with E-state index in [1.165, 1.54) is 0 Å². The summed E-state index contributed by atoms with van der Waals surface area (Å²) in [4.78, 5) is 0. The van der Waals surface area contributed by atoms with Gasteiger partial charge in [0.25, 0.3) is 0 Å². The number of hydrogen-bond acceptors (Lipinski definition) is 5. The fourth-order valence-corrected chi connectivity index (χ4v) is 2.56. The minimum atomic E-state index is 0.688. The summed E-state index contributed by atoms with van der Waals surface area (Å²) in [5.74, 6) is 0.881. The van der Waals surface area contributed by atoms with Gasteiger partial charge in [-0.3, -0.25) is 0 Å². The molecule has 0 aliphatic heterocycles. The van der Waals surface area contributed by atoms with Crippen molar-refractivity contribution < 1.29 is 4.74 Å². The third-order valence-corrected chi connectivity index (χ3v) is 3.75. The summed E-state index contributed by atoms with van der Waals surface area (Å²) in [5.41, 5.74) is 7.66. The van der Waals surface area contributed by atoms with Gasteiger partial charge in [0, 0.05) is 12.0 Å². The fraction of sp³-hybridized carbons (Fsp3) is 0.385. The van der Waals surface area contributed by atoms with Gasteiger partial charge in [-0.15, -0.1) is 10.2 Å². The lowest BCUT2D eigenvalue weighted by Gasteiger charge is -2.05. The average Bonchev–Trinajstić information content (AvgIpc) is 2.85. The smallest absolute Gasteiger partial charge is 0.147 e. The first kappa shape index (κ1) is 13.0. The third-order valence-electron chi connectivity index (χ3n) is 2.72. The second-order valence-corrected chi connectivity index (χ2v) is 5.14. The second kappa shape index (κ2) is 5.93. The standard InChI is InChI=1S/C13H17N3OS/c1-9-5-6-10(8-11(9)17-2)13-16-15-12(18-13)4-3-7-14/h5-6,8H,3-4,7,14H2,1-2H3. The number of nitrogens with zero attached hydrogens (tertiary/aromatic N) is 2. The second-order valence-electron chi connectivity index (χ2n) is 4.08. The molecule has 2 rings (SSSR count). The number of methoxy groups -OCH3 is 1. The van der Waals surface area contributed by atoms with Crippen LogP contribution in [-0.2, 0) is 6.42 Å². The molecule has 0 unspecified atom stereocenters. The number of rotatable bonds is 5. The SMILES string of the molecule is COc1cc(-c2nnc(CCCN)s2)ccc1C. The molecule has 0 aliphatic carbocycles. The molecule has 1 aromatic carbocycles. The zero-order valence-electron chi connectivity index (χ0n) is 10.6. The van der Waals surface area contributed by atoms with E-state index in [0.717, 1.165) is 39.7 Å². The van der Waals surface area contributed by atoms with Crippen LogP contribution in [0.15, 0.2) is 18.2 Å². The van der Waals surface area contributed by atoms with Crippen molar-refractivity contribution in [3.05, 3.63) is 28.8 Å². The fourth-order valence-electron chi connectivity index (χ4n) is 1.68. The molecule has 0 spiro atoms. The zero-order chi connectivity index (χ0) is 13.0. The van der Waals surface area contributed by atoms with Crippen LogP contribution in [-0.4, -0.2) is 23.9 Å². The first-order chi connectivity index (χ1) is 8.74. The van der Waals surface area contributed by atoms with E-state index in [4.69, 9.17) is 10.5 Å². The topological polar surface area (TPSA) is 61.0 Å². The lowest BCUT2D eigenvalue weighted by atomic mass is 10.1. The van der Waals surface area contributed by atoms with Crippen LogP contribution in [0.25, 0.3) is 10.6 Å². The van der Waals surface area contributed by atoms with Gasteiger partial charge >= 0.3 is 0 Å². The van der Waals surface area contributed by atoms with E-state index in [9.17, 15) is 0 Å². The molecule has 1 heterocycles. The summed E-state index contributed by atoms with van der Waals surface area (Å²) >= 11 is 1.62. The molecule has 0 fully saturated rings. The number of ether oxygens (including phenoxy) is 1. The van der Waals surface area contributed by atoms with Crippen molar-refractivity contribution in [3.8, 4) is 16.3 Å². The van der Waals surface area contributed by atoms with Crippen LogP contribution in [0.2, 0.25) is 0 Å². The Morgan fingerprint density at radius 2 is 2.17 bits per heavy atom. The van der Waals surface area contributed by atoms with Crippen molar-refractivity contribution in [3.63, 3.8) is 0 Å². The lowest BCUT2D eigenvalue weighted by molar-refractivity contribution is 0.412. The lowest BCUT2D eigenvalue weighted by Crippen LogP contribution is -1.99. The van der Waals surface area contributed by atoms with Gasteiger partial charge in [0.1, 0.15) is 15.8 Å². The monoisotopic (exact) mass is 263 g/mol. The predicted octanol–water partition coefficient (Wildman–Crippen LogP) is 2.41.